The van der Waals surface area contributed by atoms with Crippen LogP contribution in [0.1, 0.15) is 12.5 Å². The maximum atomic E-state index is 13.1. The molecule has 0 fully saturated rings. The van der Waals surface area contributed by atoms with Gasteiger partial charge in [-0.05, 0) is 31.2 Å². The van der Waals surface area contributed by atoms with Crippen LogP contribution in [0.15, 0.2) is 77.7 Å². The Kier molecular flexibility index (Phi) is 6.04. The highest BCUT2D eigenvalue weighted by Gasteiger charge is 2.26. The summed E-state index contributed by atoms with van der Waals surface area (Å²) in [5.41, 5.74) is 3.00. The van der Waals surface area contributed by atoms with Crippen molar-refractivity contribution in [1.29, 1.82) is 0 Å². The van der Waals surface area contributed by atoms with Crippen LogP contribution < -0.4 is 0 Å². The number of aromatic nitrogens is 1. The highest BCUT2D eigenvalue weighted by atomic mass is 32.2. The predicted molar refractivity (Wildman–Crippen MR) is 126 cm³/mol. The number of hydrogen-bond donors (Lipinski definition) is 0. The van der Waals surface area contributed by atoms with Crippen molar-refractivity contribution >= 4 is 37.8 Å². The number of benzene rings is 3. The summed E-state index contributed by atoms with van der Waals surface area (Å²) in [6.45, 7) is 3.62. The fourth-order valence-electron chi connectivity index (χ4n) is 4.05. The van der Waals surface area contributed by atoms with E-state index in [2.05, 4.69) is 16.7 Å². The first kappa shape index (κ1) is 22.0. The van der Waals surface area contributed by atoms with Crippen molar-refractivity contribution in [3.05, 3.63) is 78.4 Å². The molecule has 4 rings (SSSR count). The molecule has 0 aliphatic carbocycles. The fraction of sp³-hybridized carbons (Fsp3) is 0.240. The molecule has 0 saturated carbocycles. The quantitative estimate of drug-likeness (QED) is 0.393. The molecule has 1 atom stereocenters. The molecule has 1 aromatic heterocycles. The Balaban J connectivity index is 1.68. The molecule has 0 N–H and O–H groups in total. The first-order valence-corrected chi connectivity index (χ1v) is 11.9. The summed E-state index contributed by atoms with van der Waals surface area (Å²) in [7, 11) is -2.21. The average Bonchev–Trinajstić information content (AvgIpc) is 3.07. The standard InChI is InChI=1S/C25H26N2O4S/c1-18-12-14-21(15-13-18)32(29,30)26(3)16-20(31-19(2)28)17-27-24-10-6-4-8-22(24)23-9-5-7-11-25(23)27/h4-15,20H,16-17H2,1-3H3/t20-/m1/s1. The second-order valence-corrected chi connectivity index (χ2v) is 10.0. The molecule has 6 nitrogen and oxygen atoms in total. The van der Waals surface area contributed by atoms with Crippen molar-refractivity contribution in [3.8, 4) is 0 Å². The number of likely N-dealkylation sites (N-methyl/N-ethyl adjacent to an activating group) is 1. The van der Waals surface area contributed by atoms with Crippen LogP contribution in [-0.2, 0) is 26.1 Å². The zero-order valence-corrected chi connectivity index (χ0v) is 19.2. The number of hydrogen-bond acceptors (Lipinski definition) is 4. The molecule has 4 aromatic rings. The number of ether oxygens (including phenoxy) is 1. The van der Waals surface area contributed by atoms with E-state index in [1.54, 1.807) is 24.3 Å². The van der Waals surface area contributed by atoms with Crippen LogP contribution >= 0.6 is 0 Å². The van der Waals surface area contributed by atoms with E-state index in [1.165, 1.54) is 18.3 Å². The van der Waals surface area contributed by atoms with Crippen LogP contribution in [0, 0.1) is 6.92 Å². The summed E-state index contributed by atoms with van der Waals surface area (Å²) in [5.74, 6) is -0.447. The van der Waals surface area contributed by atoms with Gasteiger partial charge >= 0.3 is 5.97 Å². The van der Waals surface area contributed by atoms with Crippen molar-refractivity contribution in [2.24, 2.45) is 0 Å². The molecule has 0 unspecified atom stereocenters. The van der Waals surface area contributed by atoms with Gasteiger partial charge in [-0.3, -0.25) is 4.79 Å². The number of aryl methyl sites for hydroxylation is 1. The predicted octanol–water partition coefficient (Wildman–Crippen LogP) is 4.36. The molecular weight excluding hydrogens is 424 g/mol. The largest absolute Gasteiger partial charge is 0.459 e. The van der Waals surface area contributed by atoms with Gasteiger partial charge in [-0.1, -0.05) is 54.1 Å². The maximum absolute atomic E-state index is 13.1. The zero-order valence-electron chi connectivity index (χ0n) is 18.4. The fourth-order valence-corrected chi connectivity index (χ4v) is 5.25. The van der Waals surface area contributed by atoms with E-state index in [0.29, 0.717) is 6.54 Å². The monoisotopic (exact) mass is 450 g/mol. The van der Waals surface area contributed by atoms with Gasteiger partial charge in [0.05, 0.1) is 18.0 Å². The lowest BCUT2D eigenvalue weighted by Crippen LogP contribution is -2.38. The molecule has 166 valence electrons. The van der Waals surface area contributed by atoms with E-state index in [9.17, 15) is 13.2 Å². The third-order valence-corrected chi connectivity index (χ3v) is 7.43. The van der Waals surface area contributed by atoms with Gasteiger partial charge in [0.1, 0.15) is 6.10 Å². The second-order valence-electron chi connectivity index (χ2n) is 7.97. The van der Waals surface area contributed by atoms with E-state index in [-0.39, 0.29) is 11.4 Å². The van der Waals surface area contributed by atoms with Crippen LogP contribution in [0.5, 0.6) is 0 Å². The van der Waals surface area contributed by atoms with Gasteiger partial charge in [-0.2, -0.15) is 4.31 Å². The maximum Gasteiger partial charge on any atom is 0.303 e. The van der Waals surface area contributed by atoms with Crippen LogP contribution in [0.4, 0.5) is 0 Å². The summed E-state index contributed by atoms with van der Waals surface area (Å²) in [6.07, 6.45) is -0.656. The Bertz CT molecular complexity index is 1320. The highest BCUT2D eigenvalue weighted by Crippen LogP contribution is 2.29. The molecule has 0 spiro atoms. The average molecular weight is 451 g/mol. The molecule has 0 bridgehead atoms. The third-order valence-electron chi connectivity index (χ3n) is 5.59. The smallest absolute Gasteiger partial charge is 0.303 e. The number of carbonyl (C=O) groups excluding carboxylic acids is 1. The van der Waals surface area contributed by atoms with Gasteiger partial charge in [0.2, 0.25) is 10.0 Å². The first-order valence-electron chi connectivity index (χ1n) is 10.4. The summed E-state index contributed by atoms with van der Waals surface area (Å²) >= 11 is 0. The van der Waals surface area contributed by atoms with Crippen molar-refractivity contribution in [1.82, 2.24) is 8.87 Å². The lowest BCUT2D eigenvalue weighted by atomic mass is 10.2. The molecule has 0 amide bonds. The van der Waals surface area contributed by atoms with Gasteiger partial charge < -0.3 is 9.30 Å². The van der Waals surface area contributed by atoms with E-state index in [0.717, 1.165) is 27.4 Å². The number of esters is 1. The summed E-state index contributed by atoms with van der Waals surface area (Å²) in [4.78, 5) is 12.1. The summed E-state index contributed by atoms with van der Waals surface area (Å²) in [6, 6.07) is 22.8. The van der Waals surface area contributed by atoms with Gasteiger partial charge in [0.15, 0.2) is 0 Å². The van der Waals surface area contributed by atoms with Crippen molar-refractivity contribution in [3.63, 3.8) is 0 Å². The van der Waals surface area contributed by atoms with Gasteiger partial charge in [-0.25, -0.2) is 8.42 Å². The molecule has 32 heavy (non-hydrogen) atoms. The molecule has 0 saturated heterocycles. The summed E-state index contributed by atoms with van der Waals surface area (Å²) in [5, 5.41) is 2.20. The molecule has 0 aliphatic rings. The normalized spacial score (nSPS) is 13.0. The Morgan fingerprint density at radius 2 is 1.47 bits per heavy atom. The SMILES string of the molecule is CC(=O)O[C@H](CN(C)S(=O)(=O)c1ccc(C)cc1)Cn1c2ccccc2c2ccccc21. The summed E-state index contributed by atoms with van der Waals surface area (Å²) < 4.78 is 35.1. The van der Waals surface area contributed by atoms with Crippen LogP contribution in [0.3, 0.4) is 0 Å². The Hall–Kier alpha value is -3.16. The van der Waals surface area contributed by atoms with Gasteiger partial charge in [0.25, 0.3) is 0 Å². The highest BCUT2D eigenvalue weighted by molar-refractivity contribution is 7.89. The second kappa shape index (κ2) is 8.76. The Morgan fingerprint density at radius 1 is 0.938 bits per heavy atom. The molecule has 0 radical (unpaired) electrons. The lowest BCUT2D eigenvalue weighted by Gasteiger charge is -2.25. The molecule has 0 aliphatic heterocycles. The van der Waals surface area contributed by atoms with Gasteiger partial charge in [-0.15, -0.1) is 0 Å². The van der Waals surface area contributed by atoms with Gasteiger partial charge in [0, 0.05) is 35.8 Å². The number of sulfonamides is 1. The molecule has 3 aromatic carbocycles. The molecule has 7 heteroatoms. The molecule has 1 heterocycles. The van der Waals surface area contributed by atoms with Crippen LogP contribution in [-0.4, -0.2) is 43.0 Å². The van der Waals surface area contributed by atoms with Crippen molar-refractivity contribution in [2.75, 3.05) is 13.6 Å². The van der Waals surface area contributed by atoms with E-state index in [1.807, 2.05) is 43.3 Å². The Morgan fingerprint density at radius 3 is 2.00 bits per heavy atom. The number of carbonyl (C=O) groups is 1. The minimum absolute atomic E-state index is 0.0383. The third kappa shape index (κ3) is 4.26. The first-order chi connectivity index (χ1) is 15.3. The number of nitrogens with zero attached hydrogens (tertiary/aromatic N) is 2. The van der Waals surface area contributed by atoms with Crippen LogP contribution in [0.2, 0.25) is 0 Å². The number of para-hydroxylation sites is 2. The van der Waals surface area contributed by atoms with E-state index < -0.39 is 22.1 Å². The van der Waals surface area contributed by atoms with E-state index in [4.69, 9.17) is 4.74 Å². The zero-order chi connectivity index (χ0) is 22.9. The van der Waals surface area contributed by atoms with E-state index >= 15 is 0 Å². The van der Waals surface area contributed by atoms with Crippen molar-refractivity contribution in [2.45, 2.75) is 31.4 Å². The number of fused-ring (bicyclic) bond motifs is 3. The minimum Gasteiger partial charge on any atom is -0.459 e. The number of rotatable bonds is 7. The van der Waals surface area contributed by atoms with Crippen LogP contribution in [0.25, 0.3) is 21.8 Å². The minimum atomic E-state index is -3.72. The topological polar surface area (TPSA) is 68.6 Å². The lowest BCUT2D eigenvalue weighted by molar-refractivity contribution is -0.147. The Labute approximate surface area is 188 Å². The molecular formula is C25H26N2O4S. The van der Waals surface area contributed by atoms with Crippen molar-refractivity contribution < 1.29 is 17.9 Å².